The molecule has 4 atom stereocenters. The number of nitrogens with one attached hydrogen (secondary N) is 3. The molecular weight excluding hydrogens is 461 g/mol. The van der Waals surface area contributed by atoms with Gasteiger partial charge in [-0.05, 0) is 55.4 Å². The Morgan fingerprint density at radius 1 is 1.03 bits per heavy atom. The van der Waals surface area contributed by atoms with Crippen molar-refractivity contribution in [2.24, 2.45) is 0 Å². The fourth-order valence-electron chi connectivity index (χ4n) is 5.74. The van der Waals surface area contributed by atoms with Gasteiger partial charge in [0, 0.05) is 37.8 Å². The second-order valence-corrected chi connectivity index (χ2v) is 9.45. The first-order valence-corrected chi connectivity index (χ1v) is 11.8. The first kappa shape index (κ1) is 23.4. The van der Waals surface area contributed by atoms with E-state index in [0.29, 0.717) is 18.5 Å². The van der Waals surface area contributed by atoms with Gasteiger partial charge in [-0.2, -0.15) is 18.2 Å². The van der Waals surface area contributed by atoms with Gasteiger partial charge in [0.15, 0.2) is 0 Å². The second kappa shape index (κ2) is 8.69. The Kier molecular flexibility index (Phi) is 5.80. The van der Waals surface area contributed by atoms with E-state index in [2.05, 4.69) is 25.9 Å². The predicted octanol–water partition coefficient (Wildman–Crippen LogP) is 4.45. The molecule has 3 aliphatic rings. The number of carbonyl (C=O) groups excluding carboxylic acids is 2. The molecule has 2 bridgehead atoms. The third-order valence-electron chi connectivity index (χ3n) is 7.13. The molecule has 2 fully saturated rings. The van der Waals surface area contributed by atoms with Crippen molar-refractivity contribution in [3.63, 3.8) is 0 Å². The standard InChI is InChI=1S/C24H27F3N6O2/c1-12(34)29-18-4-3-5-19(18)31-22-17(24(25,26)27)11-28-23(32-22)30-14-6-7-15-16(10-14)21-9-8-20(15)33(21)13(2)35/h6-7,10-11,18-21H,3-5,8-9H2,1-2H3,(H,29,34)(H2,28,30,31,32)/t18-,19-,20+,21-/m1/s1. The molecule has 2 amide bonds. The summed E-state index contributed by atoms with van der Waals surface area (Å²) in [5.41, 5.74) is 1.85. The lowest BCUT2D eigenvalue weighted by molar-refractivity contribution is -0.137. The lowest BCUT2D eigenvalue weighted by atomic mass is 9.91. The third kappa shape index (κ3) is 4.39. The molecule has 2 aliphatic heterocycles. The van der Waals surface area contributed by atoms with Crippen molar-refractivity contribution in [3.05, 3.63) is 41.1 Å². The van der Waals surface area contributed by atoms with E-state index in [-0.39, 0.29) is 47.7 Å². The number of benzene rings is 1. The van der Waals surface area contributed by atoms with Crippen molar-refractivity contribution in [1.29, 1.82) is 0 Å². The number of anilines is 3. The number of amides is 2. The molecule has 5 rings (SSSR count). The largest absolute Gasteiger partial charge is 0.421 e. The van der Waals surface area contributed by atoms with Crippen molar-refractivity contribution >= 4 is 29.3 Å². The highest BCUT2D eigenvalue weighted by Crippen LogP contribution is 2.53. The SMILES string of the molecule is CC(=O)N[C@@H]1CCC[C@H]1Nc1nc(Nc2ccc3c(c2)[C@H]2CC[C@@H]3N2C(C)=O)ncc1C(F)(F)F. The number of fused-ring (bicyclic) bond motifs is 5. The average molecular weight is 489 g/mol. The second-order valence-electron chi connectivity index (χ2n) is 9.45. The van der Waals surface area contributed by atoms with E-state index in [4.69, 9.17) is 0 Å². The highest BCUT2D eigenvalue weighted by molar-refractivity contribution is 5.77. The fraction of sp³-hybridized carbons (Fsp3) is 0.500. The van der Waals surface area contributed by atoms with E-state index in [1.54, 1.807) is 6.92 Å². The number of aromatic nitrogens is 2. The van der Waals surface area contributed by atoms with Gasteiger partial charge in [0.1, 0.15) is 11.4 Å². The Bertz CT molecular complexity index is 1170. The maximum atomic E-state index is 13.7. The third-order valence-corrected chi connectivity index (χ3v) is 7.13. The molecule has 3 heterocycles. The lowest BCUT2D eigenvalue weighted by Gasteiger charge is -2.24. The van der Waals surface area contributed by atoms with Gasteiger partial charge in [-0.1, -0.05) is 6.07 Å². The maximum Gasteiger partial charge on any atom is 0.421 e. The topological polar surface area (TPSA) is 99.2 Å². The Hall–Kier alpha value is -3.37. The Balaban J connectivity index is 1.40. The molecule has 35 heavy (non-hydrogen) atoms. The van der Waals surface area contributed by atoms with Crippen LogP contribution in [0.25, 0.3) is 0 Å². The molecule has 2 aromatic rings. The number of rotatable bonds is 5. The van der Waals surface area contributed by atoms with E-state index in [1.165, 1.54) is 6.92 Å². The summed E-state index contributed by atoms with van der Waals surface area (Å²) in [5, 5.41) is 8.73. The molecule has 1 saturated carbocycles. The Morgan fingerprint density at radius 3 is 2.43 bits per heavy atom. The van der Waals surface area contributed by atoms with E-state index in [0.717, 1.165) is 36.6 Å². The van der Waals surface area contributed by atoms with Crippen LogP contribution in [-0.4, -0.2) is 38.8 Å². The Morgan fingerprint density at radius 2 is 1.74 bits per heavy atom. The molecule has 0 spiro atoms. The first-order valence-electron chi connectivity index (χ1n) is 11.8. The van der Waals surface area contributed by atoms with Gasteiger partial charge in [-0.3, -0.25) is 9.59 Å². The van der Waals surface area contributed by atoms with Gasteiger partial charge in [-0.15, -0.1) is 0 Å². The first-order chi connectivity index (χ1) is 16.6. The predicted molar refractivity (Wildman–Crippen MR) is 123 cm³/mol. The number of carbonyl (C=O) groups is 2. The highest BCUT2D eigenvalue weighted by atomic mass is 19.4. The van der Waals surface area contributed by atoms with Crippen molar-refractivity contribution < 1.29 is 22.8 Å². The zero-order chi connectivity index (χ0) is 24.9. The fourth-order valence-corrected chi connectivity index (χ4v) is 5.74. The summed E-state index contributed by atoms with van der Waals surface area (Å²) >= 11 is 0. The summed E-state index contributed by atoms with van der Waals surface area (Å²) in [4.78, 5) is 33.6. The van der Waals surface area contributed by atoms with Crippen LogP contribution in [0.5, 0.6) is 0 Å². The van der Waals surface area contributed by atoms with E-state index < -0.39 is 11.7 Å². The van der Waals surface area contributed by atoms with Gasteiger partial charge < -0.3 is 20.9 Å². The summed E-state index contributed by atoms with van der Waals surface area (Å²) in [6, 6.07) is 5.18. The maximum absolute atomic E-state index is 13.7. The van der Waals surface area contributed by atoms with Crippen molar-refractivity contribution in [2.45, 2.75) is 76.3 Å². The minimum atomic E-state index is -4.63. The van der Waals surface area contributed by atoms with Crippen LogP contribution >= 0.6 is 0 Å². The number of nitrogens with zero attached hydrogens (tertiary/aromatic N) is 3. The monoisotopic (exact) mass is 488 g/mol. The van der Waals surface area contributed by atoms with Crippen LogP contribution < -0.4 is 16.0 Å². The molecule has 0 unspecified atom stereocenters. The number of alkyl halides is 3. The van der Waals surface area contributed by atoms with E-state index in [1.807, 2.05) is 23.1 Å². The van der Waals surface area contributed by atoms with Crippen LogP contribution in [0.15, 0.2) is 24.4 Å². The molecule has 1 aliphatic carbocycles. The molecular formula is C24H27F3N6O2. The quantitative estimate of drug-likeness (QED) is 0.575. The number of hydrogen-bond acceptors (Lipinski definition) is 6. The van der Waals surface area contributed by atoms with Crippen LogP contribution in [0.4, 0.5) is 30.6 Å². The summed E-state index contributed by atoms with van der Waals surface area (Å²) in [5.74, 6) is -0.478. The van der Waals surface area contributed by atoms with Gasteiger partial charge in [0.2, 0.25) is 17.8 Å². The van der Waals surface area contributed by atoms with Crippen LogP contribution in [-0.2, 0) is 15.8 Å². The van der Waals surface area contributed by atoms with Crippen molar-refractivity contribution in [3.8, 4) is 0 Å². The van der Waals surface area contributed by atoms with Crippen LogP contribution in [0.2, 0.25) is 0 Å². The van der Waals surface area contributed by atoms with E-state index in [9.17, 15) is 22.8 Å². The molecule has 3 N–H and O–H groups in total. The molecule has 1 aromatic carbocycles. The highest BCUT2D eigenvalue weighted by Gasteiger charge is 2.45. The van der Waals surface area contributed by atoms with Gasteiger partial charge in [0.05, 0.1) is 12.1 Å². The summed E-state index contributed by atoms with van der Waals surface area (Å²) in [7, 11) is 0. The Labute approximate surface area is 200 Å². The number of halogens is 3. The van der Waals surface area contributed by atoms with E-state index >= 15 is 0 Å². The zero-order valence-electron chi connectivity index (χ0n) is 19.4. The normalized spacial score (nSPS) is 24.9. The lowest BCUT2D eigenvalue weighted by Crippen LogP contribution is -2.42. The summed E-state index contributed by atoms with van der Waals surface area (Å²) < 4.78 is 41.1. The molecule has 8 nitrogen and oxygen atoms in total. The smallest absolute Gasteiger partial charge is 0.365 e. The molecule has 1 aromatic heterocycles. The summed E-state index contributed by atoms with van der Waals surface area (Å²) in [6.07, 6.45) is 0.0516. The van der Waals surface area contributed by atoms with Crippen LogP contribution in [0, 0.1) is 0 Å². The van der Waals surface area contributed by atoms with Crippen LogP contribution in [0.1, 0.15) is 74.7 Å². The molecule has 0 radical (unpaired) electrons. The minimum absolute atomic E-state index is 0.0214. The minimum Gasteiger partial charge on any atom is -0.365 e. The van der Waals surface area contributed by atoms with Crippen LogP contribution in [0.3, 0.4) is 0 Å². The van der Waals surface area contributed by atoms with Gasteiger partial charge in [-0.25, -0.2) is 4.98 Å². The average Bonchev–Trinajstić information content (AvgIpc) is 3.47. The van der Waals surface area contributed by atoms with Crippen molar-refractivity contribution in [1.82, 2.24) is 20.2 Å². The zero-order valence-corrected chi connectivity index (χ0v) is 19.4. The van der Waals surface area contributed by atoms with Crippen molar-refractivity contribution in [2.75, 3.05) is 10.6 Å². The number of hydrogen-bond donors (Lipinski definition) is 3. The molecule has 11 heteroatoms. The van der Waals surface area contributed by atoms with Gasteiger partial charge in [0.25, 0.3) is 0 Å². The molecule has 1 saturated heterocycles. The summed E-state index contributed by atoms with van der Waals surface area (Å²) in [6.45, 7) is 2.96. The molecule has 186 valence electrons. The van der Waals surface area contributed by atoms with Gasteiger partial charge >= 0.3 is 6.18 Å².